The quantitative estimate of drug-likeness (QED) is 0.777. The SMILES string of the molecule is CC(NC(=O)c1cccc(CN2C(=O)C3C(C)(C)CC3(C)N=C2N)c1)c1ccccc1. The molecule has 1 aliphatic carbocycles. The Labute approximate surface area is 183 Å². The molecule has 1 aliphatic heterocycles. The minimum atomic E-state index is -0.406. The standard InChI is InChI=1S/C25H30N4O2/c1-16(18-10-6-5-7-11-18)27-21(30)19-12-8-9-17(13-19)14-29-22(31)20-24(2,3)15-25(20,4)28-23(29)26/h5-13,16,20H,14-15H2,1-4H3,(H2,26,28)(H,27,30). The fraction of sp³-hybridized carbons (Fsp3) is 0.400. The van der Waals surface area contributed by atoms with Gasteiger partial charge in [-0.3, -0.25) is 14.5 Å². The van der Waals surface area contributed by atoms with E-state index >= 15 is 0 Å². The van der Waals surface area contributed by atoms with Crippen molar-refractivity contribution in [1.82, 2.24) is 10.2 Å². The van der Waals surface area contributed by atoms with Gasteiger partial charge in [0, 0.05) is 5.56 Å². The molecule has 162 valence electrons. The average Bonchev–Trinajstić information content (AvgIpc) is 2.70. The lowest BCUT2D eigenvalue weighted by Gasteiger charge is -2.58. The monoisotopic (exact) mass is 418 g/mol. The third-order valence-corrected chi connectivity index (χ3v) is 6.55. The number of benzene rings is 2. The Kier molecular flexibility index (Phi) is 5.12. The molecule has 0 bridgehead atoms. The van der Waals surface area contributed by atoms with E-state index in [1.54, 1.807) is 11.0 Å². The van der Waals surface area contributed by atoms with E-state index in [2.05, 4.69) is 24.2 Å². The molecule has 6 nitrogen and oxygen atoms in total. The Hall–Kier alpha value is -3.15. The number of hydrogen-bond acceptors (Lipinski definition) is 4. The molecule has 1 saturated carbocycles. The fourth-order valence-electron chi connectivity index (χ4n) is 5.39. The normalized spacial score (nSPS) is 25.2. The third kappa shape index (κ3) is 3.82. The molecule has 0 spiro atoms. The summed E-state index contributed by atoms with van der Waals surface area (Å²) in [4.78, 5) is 32.2. The number of fused-ring (bicyclic) bond motifs is 1. The molecule has 2 amide bonds. The van der Waals surface area contributed by atoms with Crippen molar-refractivity contribution in [3.63, 3.8) is 0 Å². The second kappa shape index (κ2) is 7.52. The zero-order valence-corrected chi connectivity index (χ0v) is 18.6. The van der Waals surface area contributed by atoms with Crippen molar-refractivity contribution in [2.75, 3.05) is 0 Å². The van der Waals surface area contributed by atoms with Crippen LogP contribution < -0.4 is 11.1 Å². The molecule has 3 N–H and O–H groups in total. The number of nitrogens with zero attached hydrogens (tertiary/aromatic N) is 2. The summed E-state index contributed by atoms with van der Waals surface area (Å²) < 4.78 is 0. The maximum atomic E-state index is 13.2. The lowest BCUT2D eigenvalue weighted by Crippen LogP contribution is -2.67. The van der Waals surface area contributed by atoms with Gasteiger partial charge in [-0.25, -0.2) is 4.99 Å². The second-order valence-electron chi connectivity index (χ2n) is 9.66. The van der Waals surface area contributed by atoms with Crippen LogP contribution in [0.3, 0.4) is 0 Å². The van der Waals surface area contributed by atoms with Gasteiger partial charge in [0.15, 0.2) is 5.96 Å². The van der Waals surface area contributed by atoms with Gasteiger partial charge in [-0.05, 0) is 48.9 Å². The summed E-state index contributed by atoms with van der Waals surface area (Å²) in [6.07, 6.45) is 0.847. The summed E-state index contributed by atoms with van der Waals surface area (Å²) in [5.41, 5.74) is 8.11. The van der Waals surface area contributed by atoms with Crippen molar-refractivity contribution in [3.8, 4) is 0 Å². The summed E-state index contributed by atoms with van der Waals surface area (Å²) in [6, 6.07) is 17.0. The van der Waals surface area contributed by atoms with Gasteiger partial charge in [-0.15, -0.1) is 0 Å². The highest BCUT2D eigenvalue weighted by Gasteiger charge is 2.62. The van der Waals surface area contributed by atoms with Crippen LogP contribution >= 0.6 is 0 Å². The van der Waals surface area contributed by atoms with Crippen molar-refractivity contribution in [2.45, 2.75) is 52.2 Å². The zero-order chi connectivity index (χ0) is 22.4. The molecule has 3 unspecified atom stereocenters. The predicted octanol–water partition coefficient (Wildman–Crippen LogP) is 3.64. The Balaban J connectivity index is 1.50. The Morgan fingerprint density at radius 1 is 1.19 bits per heavy atom. The van der Waals surface area contributed by atoms with E-state index in [9.17, 15) is 9.59 Å². The first-order valence-electron chi connectivity index (χ1n) is 10.7. The molecule has 1 fully saturated rings. The Bertz CT molecular complexity index is 1050. The van der Waals surface area contributed by atoms with Gasteiger partial charge in [0.05, 0.1) is 24.0 Å². The molecule has 4 rings (SSSR count). The van der Waals surface area contributed by atoms with Crippen molar-refractivity contribution in [1.29, 1.82) is 0 Å². The maximum Gasteiger partial charge on any atom is 0.251 e. The number of nitrogens with two attached hydrogens (primary N) is 1. The zero-order valence-electron chi connectivity index (χ0n) is 18.6. The van der Waals surface area contributed by atoms with Crippen LogP contribution in [-0.4, -0.2) is 28.2 Å². The molecule has 31 heavy (non-hydrogen) atoms. The molecule has 2 aliphatic rings. The van der Waals surface area contributed by atoms with Gasteiger partial charge in [-0.2, -0.15) is 0 Å². The number of hydrogen-bond donors (Lipinski definition) is 2. The molecule has 0 aromatic heterocycles. The van der Waals surface area contributed by atoms with E-state index in [1.165, 1.54) is 0 Å². The van der Waals surface area contributed by atoms with Gasteiger partial charge in [0.2, 0.25) is 5.91 Å². The van der Waals surface area contributed by atoms with Crippen LogP contribution in [0.4, 0.5) is 0 Å². The van der Waals surface area contributed by atoms with E-state index in [0.29, 0.717) is 12.1 Å². The van der Waals surface area contributed by atoms with Crippen LogP contribution in [0.2, 0.25) is 0 Å². The van der Waals surface area contributed by atoms with Crippen LogP contribution in [0.5, 0.6) is 0 Å². The topological polar surface area (TPSA) is 87.8 Å². The largest absolute Gasteiger partial charge is 0.369 e. The predicted molar refractivity (Wildman–Crippen MR) is 121 cm³/mol. The van der Waals surface area contributed by atoms with Crippen molar-refractivity contribution >= 4 is 17.8 Å². The van der Waals surface area contributed by atoms with Gasteiger partial charge < -0.3 is 11.1 Å². The number of amides is 2. The maximum absolute atomic E-state index is 13.2. The number of rotatable bonds is 5. The van der Waals surface area contributed by atoms with Gasteiger partial charge in [0.25, 0.3) is 5.91 Å². The molecule has 2 aromatic rings. The van der Waals surface area contributed by atoms with Crippen molar-refractivity contribution in [3.05, 3.63) is 71.3 Å². The van der Waals surface area contributed by atoms with Crippen LogP contribution in [0, 0.1) is 11.3 Å². The molecular formula is C25H30N4O2. The Morgan fingerprint density at radius 2 is 1.90 bits per heavy atom. The van der Waals surface area contributed by atoms with Crippen LogP contribution in [-0.2, 0) is 11.3 Å². The fourth-order valence-corrected chi connectivity index (χ4v) is 5.39. The van der Waals surface area contributed by atoms with Gasteiger partial charge in [0.1, 0.15) is 0 Å². The van der Waals surface area contributed by atoms with E-state index in [0.717, 1.165) is 17.5 Å². The third-order valence-electron chi connectivity index (χ3n) is 6.55. The highest BCUT2D eigenvalue weighted by Crippen LogP contribution is 2.57. The summed E-state index contributed by atoms with van der Waals surface area (Å²) in [5.74, 6) is -0.0615. The lowest BCUT2D eigenvalue weighted by molar-refractivity contribution is -0.152. The van der Waals surface area contributed by atoms with Gasteiger partial charge in [-0.1, -0.05) is 56.3 Å². The first-order valence-corrected chi connectivity index (χ1v) is 10.7. The average molecular weight is 419 g/mol. The smallest absolute Gasteiger partial charge is 0.251 e. The minimum Gasteiger partial charge on any atom is -0.369 e. The molecule has 6 heteroatoms. The molecule has 2 aromatic carbocycles. The molecule has 0 radical (unpaired) electrons. The summed E-state index contributed by atoms with van der Waals surface area (Å²) in [5, 5.41) is 3.03. The van der Waals surface area contributed by atoms with E-state index in [-0.39, 0.29) is 35.1 Å². The summed E-state index contributed by atoms with van der Waals surface area (Å²) in [6.45, 7) is 8.46. The number of guanidine groups is 1. The number of carbonyl (C=O) groups excluding carboxylic acids is 2. The van der Waals surface area contributed by atoms with Gasteiger partial charge >= 0.3 is 0 Å². The highest BCUT2D eigenvalue weighted by molar-refractivity contribution is 6.01. The molecular weight excluding hydrogens is 388 g/mol. The number of aliphatic imine (C=N–C) groups is 1. The van der Waals surface area contributed by atoms with Crippen molar-refractivity contribution in [2.24, 2.45) is 22.1 Å². The van der Waals surface area contributed by atoms with E-state index in [4.69, 9.17) is 5.73 Å². The summed E-state index contributed by atoms with van der Waals surface area (Å²) in [7, 11) is 0. The minimum absolute atomic E-state index is 0.0128. The number of carbonyl (C=O) groups is 2. The Morgan fingerprint density at radius 3 is 2.58 bits per heavy atom. The first-order chi connectivity index (χ1) is 14.6. The van der Waals surface area contributed by atoms with E-state index < -0.39 is 5.54 Å². The highest BCUT2D eigenvalue weighted by atomic mass is 16.2. The molecule has 1 heterocycles. The number of nitrogens with one attached hydrogen (secondary N) is 1. The van der Waals surface area contributed by atoms with Crippen LogP contribution in [0.1, 0.15) is 61.6 Å². The second-order valence-corrected chi connectivity index (χ2v) is 9.66. The summed E-state index contributed by atoms with van der Waals surface area (Å²) >= 11 is 0. The lowest BCUT2D eigenvalue weighted by atomic mass is 9.51. The molecule has 3 atom stereocenters. The first kappa shape index (κ1) is 21.1. The van der Waals surface area contributed by atoms with Crippen LogP contribution in [0.25, 0.3) is 0 Å². The van der Waals surface area contributed by atoms with Crippen molar-refractivity contribution < 1.29 is 9.59 Å². The molecule has 0 saturated heterocycles. The van der Waals surface area contributed by atoms with Crippen LogP contribution in [0.15, 0.2) is 59.6 Å². The van der Waals surface area contributed by atoms with E-state index in [1.807, 2.05) is 62.4 Å².